The SMILES string of the molecule is CCc1cc(CC(N)c2ccc3ncccc3c2)n(C)n1. The van der Waals surface area contributed by atoms with Gasteiger partial charge in [-0.15, -0.1) is 0 Å². The van der Waals surface area contributed by atoms with Crippen LogP contribution in [0.15, 0.2) is 42.6 Å². The van der Waals surface area contributed by atoms with Gasteiger partial charge in [0.05, 0.1) is 11.2 Å². The quantitative estimate of drug-likeness (QED) is 0.799. The Balaban J connectivity index is 1.85. The Morgan fingerprint density at radius 1 is 1.24 bits per heavy atom. The summed E-state index contributed by atoms with van der Waals surface area (Å²) in [4.78, 5) is 4.34. The van der Waals surface area contributed by atoms with E-state index in [9.17, 15) is 0 Å². The topological polar surface area (TPSA) is 56.7 Å². The van der Waals surface area contributed by atoms with E-state index < -0.39 is 0 Å². The van der Waals surface area contributed by atoms with Crippen LogP contribution in [0.1, 0.15) is 29.9 Å². The van der Waals surface area contributed by atoms with Gasteiger partial charge < -0.3 is 5.73 Å². The molecule has 2 aromatic heterocycles. The molecule has 0 fully saturated rings. The molecule has 4 heteroatoms. The molecular formula is C17H20N4. The summed E-state index contributed by atoms with van der Waals surface area (Å²) in [5, 5.41) is 5.61. The van der Waals surface area contributed by atoms with Crippen LogP contribution in [0.4, 0.5) is 0 Å². The molecule has 0 bridgehead atoms. The first-order valence-electron chi connectivity index (χ1n) is 7.29. The number of hydrogen-bond donors (Lipinski definition) is 1. The highest BCUT2D eigenvalue weighted by Crippen LogP contribution is 2.21. The summed E-state index contributed by atoms with van der Waals surface area (Å²) in [5.41, 5.74) is 10.8. The van der Waals surface area contributed by atoms with Crippen molar-refractivity contribution in [2.24, 2.45) is 12.8 Å². The van der Waals surface area contributed by atoms with E-state index in [2.05, 4.69) is 41.3 Å². The molecule has 4 nitrogen and oxygen atoms in total. The molecule has 1 unspecified atom stereocenters. The first-order chi connectivity index (χ1) is 10.2. The Labute approximate surface area is 124 Å². The number of nitrogens with two attached hydrogens (primary N) is 1. The fraction of sp³-hybridized carbons (Fsp3) is 0.294. The van der Waals surface area contributed by atoms with Gasteiger partial charge in [-0.3, -0.25) is 9.67 Å². The molecule has 0 amide bonds. The van der Waals surface area contributed by atoms with Crippen molar-refractivity contribution < 1.29 is 0 Å². The number of hydrogen-bond acceptors (Lipinski definition) is 3. The van der Waals surface area contributed by atoms with Gasteiger partial charge in [-0.2, -0.15) is 5.10 Å². The van der Waals surface area contributed by atoms with Gasteiger partial charge in [-0.05, 0) is 36.2 Å². The summed E-state index contributed by atoms with van der Waals surface area (Å²) in [6, 6.07) is 12.4. The molecule has 3 aromatic rings. The molecule has 0 aliphatic rings. The van der Waals surface area contributed by atoms with Gasteiger partial charge in [-0.1, -0.05) is 19.1 Å². The molecule has 3 rings (SSSR count). The Morgan fingerprint density at radius 2 is 2.10 bits per heavy atom. The summed E-state index contributed by atoms with van der Waals surface area (Å²) in [5.74, 6) is 0. The van der Waals surface area contributed by atoms with Crippen LogP contribution in [-0.4, -0.2) is 14.8 Å². The van der Waals surface area contributed by atoms with Crippen LogP contribution in [0.5, 0.6) is 0 Å². The summed E-state index contributed by atoms with van der Waals surface area (Å²) in [6.45, 7) is 2.11. The van der Waals surface area contributed by atoms with Crippen molar-refractivity contribution in [3.05, 3.63) is 59.5 Å². The van der Waals surface area contributed by atoms with E-state index in [1.54, 1.807) is 0 Å². The van der Waals surface area contributed by atoms with E-state index >= 15 is 0 Å². The Morgan fingerprint density at radius 3 is 2.86 bits per heavy atom. The number of fused-ring (bicyclic) bond motifs is 1. The van der Waals surface area contributed by atoms with Gasteiger partial charge in [0, 0.05) is 36.8 Å². The number of aromatic nitrogens is 3. The highest BCUT2D eigenvalue weighted by molar-refractivity contribution is 5.79. The molecule has 0 saturated carbocycles. The fourth-order valence-electron chi connectivity index (χ4n) is 2.60. The molecule has 108 valence electrons. The lowest BCUT2D eigenvalue weighted by atomic mass is 10.0. The average Bonchev–Trinajstić information content (AvgIpc) is 2.87. The lowest BCUT2D eigenvalue weighted by molar-refractivity contribution is 0.638. The molecule has 0 aliphatic carbocycles. The third-order valence-electron chi connectivity index (χ3n) is 3.87. The van der Waals surface area contributed by atoms with Crippen LogP contribution in [0.2, 0.25) is 0 Å². The molecule has 0 aliphatic heterocycles. The maximum absolute atomic E-state index is 6.38. The van der Waals surface area contributed by atoms with Crippen LogP contribution < -0.4 is 5.73 Å². The lowest BCUT2D eigenvalue weighted by Crippen LogP contribution is -2.15. The monoisotopic (exact) mass is 280 g/mol. The zero-order valence-corrected chi connectivity index (χ0v) is 12.5. The third kappa shape index (κ3) is 2.81. The Bertz CT molecular complexity index is 760. The van der Waals surface area contributed by atoms with Gasteiger partial charge in [0.1, 0.15) is 0 Å². The van der Waals surface area contributed by atoms with Crippen molar-refractivity contribution in [2.45, 2.75) is 25.8 Å². The van der Waals surface area contributed by atoms with E-state index in [1.165, 1.54) is 5.69 Å². The molecule has 0 radical (unpaired) electrons. The Kier molecular flexibility index (Phi) is 3.71. The number of rotatable bonds is 4. The van der Waals surface area contributed by atoms with Gasteiger partial charge in [0.2, 0.25) is 0 Å². The van der Waals surface area contributed by atoms with Crippen molar-refractivity contribution in [1.82, 2.24) is 14.8 Å². The minimum absolute atomic E-state index is 0.0327. The van der Waals surface area contributed by atoms with E-state index in [4.69, 9.17) is 5.73 Å². The number of pyridine rings is 1. The maximum atomic E-state index is 6.38. The molecule has 1 aromatic carbocycles. The maximum Gasteiger partial charge on any atom is 0.0702 e. The van der Waals surface area contributed by atoms with E-state index in [1.807, 2.05) is 30.1 Å². The van der Waals surface area contributed by atoms with Gasteiger partial charge in [0.25, 0.3) is 0 Å². The number of benzene rings is 1. The lowest BCUT2D eigenvalue weighted by Gasteiger charge is -2.13. The number of aryl methyl sites for hydroxylation is 2. The van der Waals surface area contributed by atoms with Gasteiger partial charge in [0.15, 0.2) is 0 Å². The smallest absolute Gasteiger partial charge is 0.0702 e. The van der Waals surface area contributed by atoms with Crippen molar-refractivity contribution in [1.29, 1.82) is 0 Å². The summed E-state index contributed by atoms with van der Waals surface area (Å²) in [6.07, 6.45) is 3.55. The van der Waals surface area contributed by atoms with Crippen LogP contribution in [0.25, 0.3) is 10.9 Å². The zero-order chi connectivity index (χ0) is 14.8. The fourth-order valence-corrected chi connectivity index (χ4v) is 2.60. The van der Waals surface area contributed by atoms with E-state index in [0.29, 0.717) is 0 Å². The predicted molar refractivity (Wildman–Crippen MR) is 85.0 cm³/mol. The van der Waals surface area contributed by atoms with Crippen LogP contribution in [0, 0.1) is 0 Å². The van der Waals surface area contributed by atoms with E-state index in [0.717, 1.165) is 35.0 Å². The second-order valence-corrected chi connectivity index (χ2v) is 5.37. The van der Waals surface area contributed by atoms with Crippen molar-refractivity contribution in [3.63, 3.8) is 0 Å². The second-order valence-electron chi connectivity index (χ2n) is 5.37. The standard InChI is InChI=1S/C17H20N4/c1-3-14-10-15(21(2)20-14)11-16(18)12-6-7-17-13(9-12)5-4-8-19-17/h4-10,16H,3,11,18H2,1-2H3. The number of nitrogens with zero attached hydrogens (tertiary/aromatic N) is 3. The van der Waals surface area contributed by atoms with Crippen LogP contribution in [-0.2, 0) is 19.9 Å². The Hall–Kier alpha value is -2.20. The largest absolute Gasteiger partial charge is 0.324 e. The molecule has 2 N–H and O–H groups in total. The van der Waals surface area contributed by atoms with Crippen LogP contribution >= 0.6 is 0 Å². The normalized spacial score (nSPS) is 12.7. The van der Waals surface area contributed by atoms with Crippen molar-refractivity contribution in [2.75, 3.05) is 0 Å². The molecule has 21 heavy (non-hydrogen) atoms. The first-order valence-corrected chi connectivity index (χ1v) is 7.29. The highest BCUT2D eigenvalue weighted by atomic mass is 15.3. The molecule has 0 saturated heterocycles. The molecule has 0 spiro atoms. The van der Waals surface area contributed by atoms with Gasteiger partial charge in [-0.25, -0.2) is 0 Å². The van der Waals surface area contributed by atoms with Gasteiger partial charge >= 0.3 is 0 Å². The van der Waals surface area contributed by atoms with Crippen molar-refractivity contribution in [3.8, 4) is 0 Å². The zero-order valence-electron chi connectivity index (χ0n) is 12.5. The minimum atomic E-state index is -0.0327. The molecular weight excluding hydrogens is 260 g/mol. The van der Waals surface area contributed by atoms with Crippen molar-refractivity contribution >= 4 is 10.9 Å². The summed E-state index contributed by atoms with van der Waals surface area (Å²) in [7, 11) is 1.98. The molecule has 1 atom stereocenters. The highest BCUT2D eigenvalue weighted by Gasteiger charge is 2.12. The predicted octanol–water partition coefficient (Wildman–Crippen LogP) is 2.77. The van der Waals surface area contributed by atoms with Crippen LogP contribution in [0.3, 0.4) is 0 Å². The second kappa shape index (κ2) is 5.66. The third-order valence-corrected chi connectivity index (χ3v) is 3.87. The summed E-state index contributed by atoms with van der Waals surface area (Å²) < 4.78 is 1.93. The average molecular weight is 280 g/mol. The van der Waals surface area contributed by atoms with E-state index in [-0.39, 0.29) is 6.04 Å². The summed E-state index contributed by atoms with van der Waals surface area (Å²) >= 11 is 0. The molecule has 2 heterocycles. The minimum Gasteiger partial charge on any atom is -0.324 e. The first kappa shape index (κ1) is 13.8.